The molecule has 0 aliphatic heterocycles. The Kier molecular flexibility index (Phi) is 5.46. The van der Waals surface area contributed by atoms with Crippen LogP contribution in [0.15, 0.2) is 12.3 Å². The molecule has 3 unspecified atom stereocenters. The first-order valence-electron chi connectivity index (χ1n) is 7.96. The summed E-state index contributed by atoms with van der Waals surface area (Å²) in [5, 5.41) is 4.19. The maximum absolute atomic E-state index is 6.18. The minimum absolute atomic E-state index is 0.446. The number of anilines is 1. The fourth-order valence-corrected chi connectivity index (χ4v) is 3.27. The van der Waals surface area contributed by atoms with E-state index in [1.54, 1.807) is 0 Å². The van der Waals surface area contributed by atoms with Crippen molar-refractivity contribution < 1.29 is 4.74 Å². The number of aromatic nitrogens is 2. The van der Waals surface area contributed by atoms with Crippen LogP contribution >= 0.6 is 0 Å². The minimum atomic E-state index is 0.446. The summed E-state index contributed by atoms with van der Waals surface area (Å²) in [4.78, 5) is 0. The number of hydrogen-bond donors (Lipinski definition) is 1. The highest BCUT2D eigenvalue weighted by Crippen LogP contribution is 2.35. The van der Waals surface area contributed by atoms with Gasteiger partial charge in [-0.05, 0) is 43.1 Å². The summed E-state index contributed by atoms with van der Waals surface area (Å²) in [6.45, 7) is 8.69. The average molecular weight is 279 g/mol. The second kappa shape index (κ2) is 7.11. The largest absolute Gasteiger partial charge is 0.382 e. The predicted molar refractivity (Wildman–Crippen MR) is 82.3 cm³/mol. The summed E-state index contributed by atoms with van der Waals surface area (Å²) >= 11 is 0. The van der Waals surface area contributed by atoms with Gasteiger partial charge in [0.25, 0.3) is 0 Å². The average Bonchev–Trinajstić information content (AvgIpc) is 2.80. The van der Waals surface area contributed by atoms with E-state index in [9.17, 15) is 0 Å². The number of hydrogen-bond acceptors (Lipinski definition) is 3. The van der Waals surface area contributed by atoms with E-state index in [0.29, 0.717) is 11.9 Å². The molecule has 2 rings (SSSR count). The van der Waals surface area contributed by atoms with Gasteiger partial charge in [0.15, 0.2) is 0 Å². The maximum Gasteiger partial charge on any atom is 0.145 e. The van der Waals surface area contributed by atoms with Gasteiger partial charge in [0.05, 0.1) is 6.10 Å². The molecule has 0 spiro atoms. The van der Waals surface area contributed by atoms with Gasteiger partial charge in [-0.25, -0.2) is 0 Å². The summed E-state index contributed by atoms with van der Waals surface area (Å²) < 4.78 is 8.07. The van der Waals surface area contributed by atoms with Crippen molar-refractivity contribution in [1.29, 1.82) is 0 Å². The van der Waals surface area contributed by atoms with Gasteiger partial charge in [0.1, 0.15) is 5.82 Å². The zero-order valence-corrected chi connectivity index (χ0v) is 13.1. The van der Waals surface area contributed by atoms with Gasteiger partial charge < -0.3 is 10.5 Å². The molecule has 2 N–H and O–H groups in total. The number of nitrogen functional groups attached to an aromatic ring is 1. The van der Waals surface area contributed by atoms with Crippen LogP contribution in [0.3, 0.4) is 0 Å². The molecule has 4 nitrogen and oxygen atoms in total. The summed E-state index contributed by atoms with van der Waals surface area (Å²) in [5.74, 6) is 2.85. The Morgan fingerprint density at radius 2 is 2.25 bits per heavy atom. The van der Waals surface area contributed by atoms with Gasteiger partial charge in [-0.1, -0.05) is 27.2 Å². The fourth-order valence-electron chi connectivity index (χ4n) is 3.27. The molecule has 0 amide bonds. The molecule has 1 fully saturated rings. The Balaban J connectivity index is 1.73. The molecular formula is C16H29N3O. The molecule has 0 saturated heterocycles. The first kappa shape index (κ1) is 15.4. The van der Waals surface area contributed by atoms with Crippen molar-refractivity contribution >= 4 is 5.82 Å². The normalized spacial score (nSPS) is 27.1. The standard InChI is InChI=1S/C16H29N3O/c1-12(2)14-6-5-13(3)11-15(14)20-10-4-8-19-9-7-16(17)18-19/h7,9,12-15H,4-6,8,10-11H2,1-3H3,(H2,17,18). The van der Waals surface area contributed by atoms with E-state index in [-0.39, 0.29) is 0 Å². The molecule has 0 radical (unpaired) electrons. The zero-order chi connectivity index (χ0) is 14.5. The van der Waals surface area contributed by atoms with Crippen LogP contribution in [0.2, 0.25) is 0 Å². The topological polar surface area (TPSA) is 53.1 Å². The molecule has 1 saturated carbocycles. The van der Waals surface area contributed by atoms with Gasteiger partial charge in [0.2, 0.25) is 0 Å². The van der Waals surface area contributed by atoms with Crippen LogP contribution in [-0.4, -0.2) is 22.5 Å². The molecular weight excluding hydrogens is 250 g/mol. The molecule has 1 aromatic rings. The third-order valence-electron chi connectivity index (χ3n) is 4.49. The van der Waals surface area contributed by atoms with E-state index in [1.165, 1.54) is 19.3 Å². The van der Waals surface area contributed by atoms with E-state index in [0.717, 1.165) is 37.3 Å². The highest BCUT2D eigenvalue weighted by molar-refractivity contribution is 5.23. The minimum Gasteiger partial charge on any atom is -0.382 e. The van der Waals surface area contributed by atoms with Crippen LogP contribution in [0.1, 0.15) is 46.5 Å². The lowest BCUT2D eigenvalue weighted by molar-refractivity contribution is -0.0399. The summed E-state index contributed by atoms with van der Waals surface area (Å²) in [5.41, 5.74) is 5.60. The van der Waals surface area contributed by atoms with E-state index in [4.69, 9.17) is 10.5 Å². The fraction of sp³-hybridized carbons (Fsp3) is 0.812. The first-order valence-corrected chi connectivity index (χ1v) is 7.96. The monoisotopic (exact) mass is 279 g/mol. The lowest BCUT2D eigenvalue weighted by Gasteiger charge is -2.37. The van der Waals surface area contributed by atoms with Crippen molar-refractivity contribution in [1.82, 2.24) is 9.78 Å². The lowest BCUT2D eigenvalue weighted by Crippen LogP contribution is -2.34. The molecule has 1 aliphatic carbocycles. The van der Waals surface area contributed by atoms with Gasteiger partial charge in [-0.2, -0.15) is 5.10 Å². The number of aryl methyl sites for hydroxylation is 1. The molecule has 114 valence electrons. The van der Waals surface area contributed by atoms with Crippen LogP contribution in [0.5, 0.6) is 0 Å². The maximum atomic E-state index is 6.18. The second-order valence-corrected chi connectivity index (χ2v) is 6.59. The Labute approximate surface area is 122 Å². The van der Waals surface area contributed by atoms with E-state index in [1.807, 2.05) is 16.9 Å². The molecule has 3 atom stereocenters. The second-order valence-electron chi connectivity index (χ2n) is 6.59. The quantitative estimate of drug-likeness (QED) is 0.813. The lowest BCUT2D eigenvalue weighted by atomic mass is 9.75. The van der Waals surface area contributed by atoms with Crippen molar-refractivity contribution in [2.45, 2.75) is 59.1 Å². The van der Waals surface area contributed by atoms with E-state index < -0.39 is 0 Å². The SMILES string of the molecule is CC1CCC(C(C)C)C(OCCCn2ccc(N)n2)C1. The Bertz CT molecular complexity index is 402. The zero-order valence-electron chi connectivity index (χ0n) is 13.1. The van der Waals surface area contributed by atoms with E-state index >= 15 is 0 Å². The smallest absolute Gasteiger partial charge is 0.145 e. The summed E-state index contributed by atoms with van der Waals surface area (Å²) in [6, 6.07) is 1.83. The predicted octanol–water partition coefficient (Wildman–Crippen LogP) is 3.33. The Hall–Kier alpha value is -1.03. The highest BCUT2D eigenvalue weighted by atomic mass is 16.5. The molecule has 4 heteroatoms. The van der Waals surface area contributed by atoms with Crippen molar-refractivity contribution in [2.24, 2.45) is 17.8 Å². The third kappa shape index (κ3) is 4.23. The van der Waals surface area contributed by atoms with Crippen molar-refractivity contribution in [2.75, 3.05) is 12.3 Å². The summed E-state index contributed by atoms with van der Waals surface area (Å²) in [6.07, 6.45) is 7.26. The van der Waals surface area contributed by atoms with Crippen molar-refractivity contribution in [3.05, 3.63) is 12.3 Å². The highest BCUT2D eigenvalue weighted by Gasteiger charge is 2.31. The number of rotatable bonds is 6. The molecule has 1 heterocycles. The van der Waals surface area contributed by atoms with E-state index in [2.05, 4.69) is 25.9 Å². The van der Waals surface area contributed by atoms with Gasteiger partial charge in [0, 0.05) is 19.3 Å². The Morgan fingerprint density at radius 3 is 2.90 bits per heavy atom. The first-order chi connectivity index (χ1) is 9.56. The molecule has 0 bridgehead atoms. The van der Waals surface area contributed by atoms with Crippen LogP contribution in [0.4, 0.5) is 5.82 Å². The van der Waals surface area contributed by atoms with Crippen LogP contribution in [-0.2, 0) is 11.3 Å². The van der Waals surface area contributed by atoms with Gasteiger partial charge >= 0.3 is 0 Å². The van der Waals surface area contributed by atoms with Crippen LogP contribution < -0.4 is 5.73 Å². The third-order valence-corrected chi connectivity index (χ3v) is 4.49. The molecule has 1 aromatic heterocycles. The molecule has 0 aromatic carbocycles. The molecule has 20 heavy (non-hydrogen) atoms. The summed E-state index contributed by atoms with van der Waals surface area (Å²) in [7, 11) is 0. The van der Waals surface area contributed by atoms with Crippen molar-refractivity contribution in [3.8, 4) is 0 Å². The van der Waals surface area contributed by atoms with Crippen molar-refractivity contribution in [3.63, 3.8) is 0 Å². The van der Waals surface area contributed by atoms with Gasteiger partial charge in [-0.3, -0.25) is 4.68 Å². The van der Waals surface area contributed by atoms with Crippen LogP contribution in [0, 0.1) is 17.8 Å². The number of ether oxygens (including phenoxy) is 1. The number of nitrogens with zero attached hydrogens (tertiary/aromatic N) is 2. The Morgan fingerprint density at radius 1 is 1.45 bits per heavy atom. The van der Waals surface area contributed by atoms with Gasteiger partial charge in [-0.15, -0.1) is 0 Å². The molecule has 1 aliphatic rings. The van der Waals surface area contributed by atoms with Crippen LogP contribution in [0.25, 0.3) is 0 Å². The number of nitrogens with two attached hydrogens (primary N) is 1.